The maximum absolute atomic E-state index is 13.1. The predicted molar refractivity (Wildman–Crippen MR) is 198 cm³/mol. The predicted octanol–water partition coefficient (Wildman–Crippen LogP) is 12.5. The second-order valence-electron chi connectivity index (χ2n) is 13.6. The lowest BCUT2D eigenvalue weighted by molar-refractivity contribution is 0.0473. The van der Waals surface area contributed by atoms with Gasteiger partial charge in [-0.05, 0) is 141 Å². The summed E-state index contributed by atoms with van der Waals surface area (Å²) in [5.41, 5.74) is 0. The van der Waals surface area contributed by atoms with E-state index in [0.717, 1.165) is 57.9 Å². The zero-order valence-electron chi connectivity index (χ0n) is 30.4. The smallest absolute Gasteiger partial charge is 0.407 e. The van der Waals surface area contributed by atoms with Crippen LogP contribution in [0.2, 0.25) is 0 Å². The SMILES string of the molecule is CCCCC/C=C\CCCC(CCC/C=C\CCCCC)C(CCC/C=C\CCCCC)OC(=O)NCCCN1CCCCC1. The molecular formula is C41H76N2O2. The largest absolute Gasteiger partial charge is 0.446 e. The first-order valence-corrected chi connectivity index (χ1v) is 19.8. The van der Waals surface area contributed by atoms with Crippen LogP contribution in [0.5, 0.6) is 0 Å². The van der Waals surface area contributed by atoms with Crippen LogP contribution in [0, 0.1) is 5.92 Å². The molecule has 1 aliphatic rings. The second kappa shape index (κ2) is 32.4. The molecule has 4 nitrogen and oxygen atoms in total. The van der Waals surface area contributed by atoms with E-state index in [1.807, 2.05) is 0 Å². The molecule has 262 valence electrons. The van der Waals surface area contributed by atoms with E-state index in [4.69, 9.17) is 4.74 Å². The van der Waals surface area contributed by atoms with Gasteiger partial charge in [-0.15, -0.1) is 0 Å². The van der Waals surface area contributed by atoms with E-state index in [-0.39, 0.29) is 12.2 Å². The standard InChI is InChI=1S/C41H76N2O2/c1-4-7-10-13-16-19-22-26-32-39(33-27-23-20-17-14-11-8-5-2)40(34-28-24-21-18-15-12-9-6-3)45-41(44)42-35-31-38-43-36-29-25-30-37-43/h16-21,39-40H,4-15,22-38H2,1-3H3,(H,42,44)/b19-16-,20-17-,21-18-. The first-order chi connectivity index (χ1) is 22.2. The molecule has 0 spiro atoms. The van der Waals surface area contributed by atoms with E-state index in [0.29, 0.717) is 12.5 Å². The number of rotatable bonds is 30. The van der Waals surface area contributed by atoms with E-state index < -0.39 is 0 Å². The Morgan fingerprint density at radius 2 is 1.04 bits per heavy atom. The molecule has 1 amide bonds. The summed E-state index contributed by atoms with van der Waals surface area (Å²) in [6.45, 7) is 11.0. The van der Waals surface area contributed by atoms with Crippen LogP contribution in [0.1, 0.15) is 181 Å². The fraction of sp³-hybridized carbons (Fsp3) is 0.829. The number of amides is 1. The molecule has 0 radical (unpaired) electrons. The third-order valence-corrected chi connectivity index (χ3v) is 9.33. The second-order valence-corrected chi connectivity index (χ2v) is 13.6. The van der Waals surface area contributed by atoms with Crippen molar-refractivity contribution in [3.8, 4) is 0 Å². The van der Waals surface area contributed by atoms with E-state index in [1.54, 1.807) is 0 Å². The summed E-state index contributed by atoms with van der Waals surface area (Å²) >= 11 is 0. The van der Waals surface area contributed by atoms with Crippen molar-refractivity contribution in [1.82, 2.24) is 10.2 Å². The monoisotopic (exact) mass is 629 g/mol. The van der Waals surface area contributed by atoms with Gasteiger partial charge in [0, 0.05) is 6.54 Å². The molecule has 1 unspecified atom stereocenters. The molecule has 0 saturated carbocycles. The van der Waals surface area contributed by atoms with Gasteiger partial charge in [0.05, 0.1) is 0 Å². The quantitative estimate of drug-likeness (QED) is 0.0635. The van der Waals surface area contributed by atoms with Crippen molar-refractivity contribution in [3.05, 3.63) is 36.5 Å². The number of allylic oxidation sites excluding steroid dienone is 6. The molecule has 1 fully saturated rings. The van der Waals surface area contributed by atoms with E-state index in [9.17, 15) is 4.79 Å². The maximum Gasteiger partial charge on any atom is 0.407 e. The minimum absolute atomic E-state index is 0.00246. The highest BCUT2D eigenvalue weighted by Gasteiger charge is 2.24. The highest BCUT2D eigenvalue weighted by Crippen LogP contribution is 2.27. The number of likely N-dealkylation sites (tertiary alicyclic amines) is 1. The Morgan fingerprint density at radius 3 is 1.51 bits per heavy atom. The van der Waals surface area contributed by atoms with E-state index in [1.165, 1.54) is 122 Å². The lowest BCUT2D eigenvalue weighted by atomic mass is 9.87. The summed E-state index contributed by atoms with van der Waals surface area (Å²) in [6, 6.07) is 0. The van der Waals surface area contributed by atoms with Crippen molar-refractivity contribution < 1.29 is 9.53 Å². The first-order valence-electron chi connectivity index (χ1n) is 19.8. The van der Waals surface area contributed by atoms with Crippen LogP contribution in [0.15, 0.2) is 36.5 Å². The zero-order chi connectivity index (χ0) is 32.5. The topological polar surface area (TPSA) is 41.6 Å². The number of hydrogen-bond donors (Lipinski definition) is 1. The van der Waals surface area contributed by atoms with Crippen molar-refractivity contribution in [1.29, 1.82) is 0 Å². The minimum Gasteiger partial charge on any atom is -0.446 e. The van der Waals surface area contributed by atoms with Crippen LogP contribution in [0.25, 0.3) is 0 Å². The minimum atomic E-state index is -0.203. The number of carbonyl (C=O) groups is 1. The Bertz CT molecular complexity index is 699. The Morgan fingerprint density at radius 1 is 0.600 bits per heavy atom. The Labute approximate surface area is 281 Å². The van der Waals surface area contributed by atoms with Gasteiger partial charge >= 0.3 is 6.09 Å². The van der Waals surface area contributed by atoms with Gasteiger partial charge in [0.1, 0.15) is 6.10 Å². The van der Waals surface area contributed by atoms with Gasteiger partial charge in [0.25, 0.3) is 0 Å². The molecule has 0 aliphatic carbocycles. The third kappa shape index (κ3) is 26.2. The summed E-state index contributed by atoms with van der Waals surface area (Å²) in [6.07, 6.45) is 44.4. The molecule has 1 aliphatic heterocycles. The van der Waals surface area contributed by atoms with E-state index in [2.05, 4.69) is 67.4 Å². The number of alkyl carbamates (subject to hydrolysis) is 1. The van der Waals surface area contributed by atoms with Crippen LogP contribution < -0.4 is 5.32 Å². The average Bonchev–Trinajstić information content (AvgIpc) is 3.05. The van der Waals surface area contributed by atoms with Crippen LogP contribution in [-0.2, 0) is 4.74 Å². The number of piperidine rings is 1. The molecule has 45 heavy (non-hydrogen) atoms. The molecule has 1 rings (SSSR count). The lowest BCUT2D eigenvalue weighted by Crippen LogP contribution is -2.36. The van der Waals surface area contributed by atoms with Crippen molar-refractivity contribution in [3.63, 3.8) is 0 Å². The van der Waals surface area contributed by atoms with Gasteiger partial charge in [-0.2, -0.15) is 0 Å². The van der Waals surface area contributed by atoms with Crippen LogP contribution in [-0.4, -0.2) is 43.3 Å². The molecule has 1 atom stereocenters. The summed E-state index contributed by atoms with van der Waals surface area (Å²) in [7, 11) is 0. The average molecular weight is 629 g/mol. The van der Waals surface area contributed by atoms with Crippen LogP contribution in [0.4, 0.5) is 4.79 Å². The zero-order valence-corrected chi connectivity index (χ0v) is 30.4. The third-order valence-electron chi connectivity index (χ3n) is 9.33. The molecule has 1 N–H and O–H groups in total. The Kier molecular flexibility index (Phi) is 29.9. The van der Waals surface area contributed by atoms with Gasteiger partial charge in [0.2, 0.25) is 0 Å². The summed E-state index contributed by atoms with van der Waals surface area (Å²) in [5.74, 6) is 0.430. The molecule has 0 aromatic rings. The summed E-state index contributed by atoms with van der Waals surface area (Å²) in [5, 5.41) is 3.12. The van der Waals surface area contributed by atoms with Crippen molar-refractivity contribution in [2.24, 2.45) is 5.92 Å². The van der Waals surface area contributed by atoms with Crippen LogP contribution >= 0.6 is 0 Å². The summed E-state index contributed by atoms with van der Waals surface area (Å²) in [4.78, 5) is 15.6. The number of unbranched alkanes of at least 4 members (excludes halogenated alkanes) is 12. The molecule has 0 bridgehead atoms. The van der Waals surface area contributed by atoms with E-state index >= 15 is 0 Å². The molecule has 0 aromatic heterocycles. The van der Waals surface area contributed by atoms with Crippen molar-refractivity contribution >= 4 is 6.09 Å². The number of nitrogens with zero attached hydrogens (tertiary/aromatic N) is 1. The van der Waals surface area contributed by atoms with Gasteiger partial charge in [-0.3, -0.25) is 0 Å². The highest BCUT2D eigenvalue weighted by molar-refractivity contribution is 5.67. The first kappa shape index (κ1) is 41.5. The number of nitrogens with one attached hydrogen (secondary N) is 1. The normalized spacial score (nSPS) is 15.2. The fourth-order valence-electron chi connectivity index (χ4n) is 6.44. The molecule has 0 aromatic carbocycles. The molecule has 1 heterocycles. The lowest BCUT2D eigenvalue weighted by Gasteiger charge is -2.28. The fourth-order valence-corrected chi connectivity index (χ4v) is 6.44. The number of carbonyl (C=O) groups excluding carboxylic acids is 1. The van der Waals surface area contributed by atoms with Crippen LogP contribution in [0.3, 0.4) is 0 Å². The molecule has 1 saturated heterocycles. The summed E-state index contributed by atoms with van der Waals surface area (Å²) < 4.78 is 6.29. The number of hydrogen-bond acceptors (Lipinski definition) is 3. The van der Waals surface area contributed by atoms with Crippen molar-refractivity contribution in [2.45, 2.75) is 187 Å². The van der Waals surface area contributed by atoms with Gasteiger partial charge in [-0.25, -0.2) is 4.79 Å². The van der Waals surface area contributed by atoms with Crippen molar-refractivity contribution in [2.75, 3.05) is 26.2 Å². The van der Waals surface area contributed by atoms with Gasteiger partial charge < -0.3 is 15.0 Å². The van der Waals surface area contributed by atoms with Gasteiger partial charge in [0.15, 0.2) is 0 Å². The maximum atomic E-state index is 13.1. The van der Waals surface area contributed by atoms with Gasteiger partial charge in [-0.1, -0.05) is 102 Å². The highest BCUT2D eigenvalue weighted by atomic mass is 16.6. The Hall–Kier alpha value is -1.55. The Balaban J connectivity index is 2.71. The molecular weight excluding hydrogens is 552 g/mol. The molecule has 4 heteroatoms. The number of ether oxygens (including phenoxy) is 1.